The molecule has 9 heteroatoms. The summed E-state index contributed by atoms with van der Waals surface area (Å²) in [7, 11) is 0. The second-order valence-electron chi connectivity index (χ2n) is 11.1. The van der Waals surface area contributed by atoms with Gasteiger partial charge < -0.3 is 19.8 Å². The quantitative estimate of drug-likeness (QED) is 0.356. The number of carbonyl (C=O) groups is 3. The van der Waals surface area contributed by atoms with Gasteiger partial charge in [0.2, 0.25) is 11.8 Å². The Hall–Kier alpha value is -3.07. The number of hydrogen-bond donors (Lipinski definition) is 1. The normalized spacial score (nSPS) is 28.9. The lowest BCUT2D eigenvalue weighted by atomic mass is 9.78. The lowest BCUT2D eigenvalue weighted by Gasteiger charge is -2.35. The monoisotopic (exact) mass is 591 g/mol. The van der Waals surface area contributed by atoms with Crippen molar-refractivity contribution in [3.8, 4) is 0 Å². The summed E-state index contributed by atoms with van der Waals surface area (Å²) in [4.78, 5) is 48.4. The van der Waals surface area contributed by atoms with Gasteiger partial charge in [0.25, 0.3) is 5.91 Å². The molecule has 0 radical (unpaired) electrons. The molecule has 214 valence electrons. The number of para-hydroxylation sites is 1. The van der Waals surface area contributed by atoms with Crippen LogP contribution in [0.25, 0.3) is 0 Å². The Balaban J connectivity index is 1.39. The summed E-state index contributed by atoms with van der Waals surface area (Å²) >= 11 is 7.73. The van der Waals surface area contributed by atoms with Gasteiger partial charge >= 0.3 is 0 Å². The average molecular weight is 592 g/mol. The summed E-state index contributed by atoms with van der Waals surface area (Å²) in [5.74, 6) is -1.55. The van der Waals surface area contributed by atoms with Gasteiger partial charge in [-0.25, -0.2) is 0 Å². The van der Waals surface area contributed by atoms with Crippen LogP contribution in [0.15, 0.2) is 78.9 Å². The molecule has 3 amide bonds. The van der Waals surface area contributed by atoms with Crippen LogP contribution in [0.4, 0.5) is 11.4 Å². The number of fused-ring (bicyclic) bond motifs is 2. The van der Waals surface area contributed by atoms with Crippen molar-refractivity contribution in [3.63, 3.8) is 0 Å². The average Bonchev–Trinajstić information content (AvgIpc) is 3.29. The number of halogens is 1. The van der Waals surface area contributed by atoms with Crippen LogP contribution in [0.2, 0.25) is 5.02 Å². The molecule has 0 bridgehead atoms. The van der Waals surface area contributed by atoms with E-state index in [4.69, 9.17) is 11.6 Å². The summed E-state index contributed by atoms with van der Waals surface area (Å²) in [6.07, 6.45) is 11.3. The van der Waals surface area contributed by atoms with Crippen molar-refractivity contribution in [2.45, 2.75) is 41.7 Å². The summed E-state index contributed by atoms with van der Waals surface area (Å²) in [6.45, 7) is 1.40. The van der Waals surface area contributed by atoms with Crippen LogP contribution in [-0.4, -0.2) is 70.0 Å². The van der Waals surface area contributed by atoms with Gasteiger partial charge in [-0.05, 0) is 49.2 Å². The summed E-state index contributed by atoms with van der Waals surface area (Å²) in [6, 6.07) is 16.0. The highest BCUT2D eigenvalue weighted by atomic mass is 35.5. The number of likely N-dealkylation sites (tertiary alicyclic amines) is 1. The summed E-state index contributed by atoms with van der Waals surface area (Å²) < 4.78 is -0.852. The summed E-state index contributed by atoms with van der Waals surface area (Å²) in [5.41, 5.74) is 1.53. The van der Waals surface area contributed by atoms with Crippen molar-refractivity contribution < 1.29 is 19.5 Å². The molecule has 7 nitrogen and oxygen atoms in total. The molecule has 0 aliphatic carbocycles. The van der Waals surface area contributed by atoms with Gasteiger partial charge in [-0.1, -0.05) is 66.9 Å². The summed E-state index contributed by atoms with van der Waals surface area (Å²) in [5, 5.41) is 9.57. The maximum Gasteiger partial charge on any atom is 0.251 e. The van der Waals surface area contributed by atoms with E-state index in [1.54, 1.807) is 38.6 Å². The zero-order valence-electron chi connectivity index (χ0n) is 22.8. The Labute approximate surface area is 249 Å². The number of carbonyl (C=O) groups excluding carboxylic acids is 3. The molecule has 4 heterocycles. The minimum absolute atomic E-state index is 0.0721. The fourth-order valence-electron chi connectivity index (χ4n) is 6.82. The van der Waals surface area contributed by atoms with E-state index in [9.17, 15) is 19.5 Å². The number of anilines is 2. The minimum atomic E-state index is -0.852. The third-order valence-corrected chi connectivity index (χ3v) is 10.7. The Morgan fingerprint density at radius 2 is 1.51 bits per heavy atom. The van der Waals surface area contributed by atoms with Gasteiger partial charge in [-0.15, -0.1) is 11.8 Å². The number of hydrogen-bond acceptors (Lipinski definition) is 5. The topological polar surface area (TPSA) is 81.2 Å². The Morgan fingerprint density at radius 1 is 0.829 bits per heavy atom. The van der Waals surface area contributed by atoms with E-state index >= 15 is 0 Å². The SMILES string of the molecule is O=C1C2N(CCCCCCO)C(=O)[C@@H]3[C@@H]4C(=O)N(c5ccccc5)CC=C[C@@H]4S[C@]23C=CCN1c1ccc(Cl)cc1. The van der Waals surface area contributed by atoms with Crippen LogP contribution in [0.3, 0.4) is 0 Å². The van der Waals surface area contributed by atoms with Crippen molar-refractivity contribution in [1.29, 1.82) is 0 Å². The van der Waals surface area contributed by atoms with Gasteiger partial charge in [-0.3, -0.25) is 14.4 Å². The number of thioether (sulfide) groups is 1. The highest BCUT2D eigenvalue weighted by molar-refractivity contribution is 8.02. The molecular formula is C32H34ClN3O4S. The van der Waals surface area contributed by atoms with E-state index in [1.807, 2.05) is 60.7 Å². The number of benzene rings is 2. The first-order valence-corrected chi connectivity index (χ1v) is 15.6. The fourth-order valence-corrected chi connectivity index (χ4v) is 8.95. The van der Waals surface area contributed by atoms with Gasteiger partial charge in [-0.2, -0.15) is 0 Å². The van der Waals surface area contributed by atoms with E-state index in [0.717, 1.165) is 30.6 Å². The number of rotatable bonds is 8. The minimum Gasteiger partial charge on any atom is -0.396 e. The molecule has 1 spiro atoms. The van der Waals surface area contributed by atoms with Crippen LogP contribution in [0.5, 0.6) is 0 Å². The number of amides is 3. The Kier molecular flexibility index (Phi) is 7.99. The molecule has 4 aliphatic rings. The molecular weight excluding hydrogens is 558 g/mol. The molecule has 4 aliphatic heterocycles. The van der Waals surface area contributed by atoms with Crippen LogP contribution >= 0.6 is 23.4 Å². The number of aliphatic hydroxyl groups excluding tert-OH is 1. The van der Waals surface area contributed by atoms with Gasteiger partial charge in [0.1, 0.15) is 6.04 Å². The van der Waals surface area contributed by atoms with Gasteiger partial charge in [0.15, 0.2) is 0 Å². The lowest BCUT2D eigenvalue weighted by Crippen LogP contribution is -2.53. The molecule has 2 saturated heterocycles. The van der Waals surface area contributed by atoms with Crippen LogP contribution < -0.4 is 9.80 Å². The first kappa shape index (κ1) is 28.1. The van der Waals surface area contributed by atoms with E-state index in [2.05, 4.69) is 6.08 Å². The van der Waals surface area contributed by atoms with Crippen molar-refractivity contribution in [3.05, 3.63) is 83.9 Å². The zero-order chi connectivity index (χ0) is 28.6. The standard InChI is InChI=1S/C32H34ClN3O4S/c33-22-13-15-24(16-14-22)35-20-9-17-32-27(30(39)36(28(32)31(35)40)18-6-1-2-7-21-37)26-25(41-32)12-8-19-34(29(26)38)23-10-4-3-5-11-23/h3-5,8-17,25-28,37H,1-2,6-7,18-21H2/t25-,26+,27-,28?,32-/m0/s1. The fraction of sp³-hybridized carbons (Fsp3) is 0.406. The smallest absolute Gasteiger partial charge is 0.251 e. The molecule has 6 rings (SSSR count). The van der Waals surface area contributed by atoms with Crippen molar-refractivity contribution in [2.75, 3.05) is 36.0 Å². The van der Waals surface area contributed by atoms with Crippen LogP contribution in [0, 0.1) is 11.8 Å². The van der Waals surface area contributed by atoms with Crippen LogP contribution in [-0.2, 0) is 14.4 Å². The van der Waals surface area contributed by atoms with Gasteiger partial charge in [0.05, 0.1) is 16.6 Å². The van der Waals surface area contributed by atoms with E-state index in [0.29, 0.717) is 31.1 Å². The molecule has 2 fully saturated rings. The highest BCUT2D eigenvalue weighted by Gasteiger charge is 2.71. The third kappa shape index (κ3) is 4.90. The van der Waals surface area contributed by atoms with Crippen molar-refractivity contribution in [1.82, 2.24) is 4.90 Å². The second-order valence-corrected chi connectivity index (χ2v) is 13.0. The highest BCUT2D eigenvalue weighted by Crippen LogP contribution is 2.61. The maximum atomic E-state index is 14.5. The van der Waals surface area contributed by atoms with E-state index in [1.165, 1.54) is 0 Å². The predicted octanol–water partition coefficient (Wildman–Crippen LogP) is 4.70. The molecule has 0 saturated carbocycles. The number of aliphatic hydroxyl groups is 1. The van der Waals surface area contributed by atoms with Crippen molar-refractivity contribution >= 4 is 52.5 Å². The predicted molar refractivity (Wildman–Crippen MR) is 163 cm³/mol. The third-order valence-electron chi connectivity index (χ3n) is 8.67. The zero-order valence-corrected chi connectivity index (χ0v) is 24.3. The molecule has 41 heavy (non-hydrogen) atoms. The first-order chi connectivity index (χ1) is 20.0. The Bertz CT molecular complexity index is 1370. The molecule has 1 unspecified atom stereocenters. The number of unbranched alkanes of at least 4 members (excludes halogenated alkanes) is 3. The van der Waals surface area contributed by atoms with Crippen LogP contribution in [0.1, 0.15) is 25.7 Å². The first-order valence-electron chi connectivity index (χ1n) is 14.3. The molecule has 2 aromatic rings. The van der Waals surface area contributed by atoms with Crippen molar-refractivity contribution in [2.24, 2.45) is 11.8 Å². The molecule has 1 N–H and O–H groups in total. The molecule has 5 atom stereocenters. The maximum absolute atomic E-state index is 14.5. The van der Waals surface area contributed by atoms with Gasteiger partial charge in [0, 0.05) is 47.9 Å². The van der Waals surface area contributed by atoms with E-state index < -0.39 is 22.6 Å². The lowest BCUT2D eigenvalue weighted by molar-refractivity contribution is -0.138. The number of nitrogens with zero attached hydrogens (tertiary/aromatic N) is 3. The molecule has 0 aromatic heterocycles. The largest absolute Gasteiger partial charge is 0.396 e. The second kappa shape index (κ2) is 11.7. The van der Waals surface area contributed by atoms with E-state index in [-0.39, 0.29) is 29.6 Å². The Morgan fingerprint density at radius 3 is 2.27 bits per heavy atom. The molecule has 2 aromatic carbocycles.